The highest BCUT2D eigenvalue weighted by Crippen LogP contribution is 2.24. The van der Waals surface area contributed by atoms with E-state index >= 15 is 0 Å². The summed E-state index contributed by atoms with van der Waals surface area (Å²) in [6.45, 7) is 0.943. The topological polar surface area (TPSA) is 127 Å². The number of methoxy groups -OCH3 is 1. The van der Waals surface area contributed by atoms with Gasteiger partial charge in [0.05, 0.1) is 11.1 Å². The van der Waals surface area contributed by atoms with Gasteiger partial charge in [0.1, 0.15) is 6.04 Å². The van der Waals surface area contributed by atoms with Gasteiger partial charge in [0.25, 0.3) is 18.2 Å². The van der Waals surface area contributed by atoms with Crippen molar-refractivity contribution < 1.29 is 28.3 Å². The number of nitrogens with two attached hydrogens (primary N) is 1. The molecule has 1 aromatic carbocycles. The van der Waals surface area contributed by atoms with E-state index < -0.39 is 29.9 Å². The first-order valence-electron chi connectivity index (χ1n) is 8.62. The molecule has 5 N–H and O–H groups in total. The number of nitrogens with zero attached hydrogens (tertiary/aromatic N) is 1. The summed E-state index contributed by atoms with van der Waals surface area (Å²) in [6.07, 6.45) is -1.59. The number of rotatable bonds is 6. The van der Waals surface area contributed by atoms with Gasteiger partial charge in [-0.25, -0.2) is 19.2 Å². The highest BCUT2D eigenvalue weighted by atomic mass is 32.1. The largest absolute Gasteiger partial charge is 0.375 e. The van der Waals surface area contributed by atoms with Crippen LogP contribution in [-0.4, -0.2) is 47.2 Å². The van der Waals surface area contributed by atoms with Gasteiger partial charge < -0.3 is 15.8 Å². The number of hydrogen-bond acceptors (Lipinski definition) is 7. The van der Waals surface area contributed by atoms with Crippen LogP contribution in [0.3, 0.4) is 0 Å². The maximum absolute atomic E-state index is 13.4. The minimum Gasteiger partial charge on any atom is -0.375 e. The molecule has 11 heteroatoms. The fourth-order valence-corrected chi connectivity index (χ4v) is 2.87. The minimum absolute atomic E-state index is 0.0835. The molecule has 0 aliphatic rings. The summed E-state index contributed by atoms with van der Waals surface area (Å²) in [5, 5.41) is 11.4. The summed E-state index contributed by atoms with van der Waals surface area (Å²) in [6, 6.07) is 4.00. The first-order chi connectivity index (χ1) is 14.7. The number of ether oxygens (including phenoxy) is 1. The molecule has 1 heterocycles. The summed E-state index contributed by atoms with van der Waals surface area (Å²) in [5.74, 6) is 8.81. The van der Waals surface area contributed by atoms with Crippen LogP contribution >= 0.6 is 11.3 Å². The van der Waals surface area contributed by atoms with Crippen LogP contribution in [0, 0.1) is 23.7 Å². The molecule has 0 saturated carbocycles. The minimum atomic E-state index is -3.12. The van der Waals surface area contributed by atoms with E-state index in [-0.39, 0.29) is 5.56 Å². The Kier molecular flexibility index (Phi) is 8.05. The van der Waals surface area contributed by atoms with Gasteiger partial charge in [0.15, 0.2) is 10.7 Å². The Morgan fingerprint density at radius 2 is 1.90 bits per heavy atom. The van der Waals surface area contributed by atoms with Crippen LogP contribution in [0.1, 0.15) is 27.7 Å². The number of nitrogen functional groups attached to an aromatic ring is 1. The monoisotopic (exact) mass is 448 g/mol. The van der Waals surface area contributed by atoms with Crippen molar-refractivity contribution in [2.75, 3.05) is 12.8 Å². The summed E-state index contributed by atoms with van der Waals surface area (Å²) in [4.78, 5) is 28.8. The van der Waals surface area contributed by atoms with E-state index in [9.17, 15) is 18.4 Å². The lowest BCUT2D eigenvalue weighted by Crippen LogP contribution is -2.62. The molecule has 8 nitrogen and oxygen atoms in total. The number of carbonyl (C=O) groups is 2. The Balaban J connectivity index is 2.13. The molecule has 2 unspecified atom stereocenters. The van der Waals surface area contributed by atoms with Crippen molar-refractivity contribution in [3.63, 3.8) is 0 Å². The Bertz CT molecular complexity index is 1070. The average Bonchev–Trinajstić information content (AvgIpc) is 3.19. The van der Waals surface area contributed by atoms with E-state index in [1.807, 2.05) is 0 Å². The summed E-state index contributed by atoms with van der Waals surface area (Å²) >= 11 is 1.23. The third-order valence-corrected chi connectivity index (χ3v) is 4.96. The zero-order chi connectivity index (χ0) is 23.0. The lowest BCUT2D eigenvalue weighted by Gasteiger charge is -2.34. The third-order valence-electron chi connectivity index (χ3n) is 4.22. The molecule has 0 spiro atoms. The molecule has 2 atom stereocenters. The predicted molar refractivity (Wildman–Crippen MR) is 109 cm³/mol. The number of anilines is 1. The average molecular weight is 448 g/mol. The number of carbonyl (C=O) groups excluding carboxylic acids is 2. The fraction of sp³-hybridized carbons (Fsp3) is 0.250. The van der Waals surface area contributed by atoms with Crippen molar-refractivity contribution in [1.82, 2.24) is 15.8 Å². The lowest BCUT2D eigenvalue weighted by atomic mass is 9.95. The highest BCUT2D eigenvalue weighted by molar-refractivity contribution is 7.15. The first-order valence-corrected chi connectivity index (χ1v) is 9.44. The molecule has 0 aliphatic carbocycles. The molecule has 162 valence electrons. The second-order valence-corrected chi connectivity index (χ2v) is 7.27. The second kappa shape index (κ2) is 10.5. The maximum atomic E-state index is 13.4. The van der Waals surface area contributed by atoms with Crippen molar-refractivity contribution in [2.24, 2.45) is 0 Å². The van der Waals surface area contributed by atoms with Crippen molar-refractivity contribution in [1.29, 1.82) is 0 Å². The maximum Gasteiger partial charge on any atom is 0.269 e. The molecular formula is C20H18F2N4O4S. The Morgan fingerprint density at radius 3 is 2.42 bits per heavy atom. The van der Waals surface area contributed by atoms with Crippen molar-refractivity contribution in [2.45, 2.75) is 25.0 Å². The van der Waals surface area contributed by atoms with Gasteiger partial charge in [-0.15, -0.1) is 0 Å². The summed E-state index contributed by atoms with van der Waals surface area (Å²) < 4.78 is 31.6. The molecule has 0 aliphatic heterocycles. The number of benzene rings is 1. The zero-order valence-electron chi connectivity index (χ0n) is 16.4. The number of nitrogens with one attached hydrogen (secondary N) is 2. The lowest BCUT2D eigenvalue weighted by molar-refractivity contribution is -0.157. The van der Waals surface area contributed by atoms with E-state index in [4.69, 9.17) is 15.7 Å². The summed E-state index contributed by atoms with van der Waals surface area (Å²) in [7, 11) is 0.968. The number of hydroxylamine groups is 1. The molecule has 0 saturated heterocycles. The SMILES string of the molecule is COC(C)(C(F)F)C(NC(=O)c1ccc(C#CC#Cc2cnc(N)s2)cc1)C(=O)NO. The van der Waals surface area contributed by atoms with Crippen LogP contribution < -0.4 is 16.5 Å². The quantitative estimate of drug-likeness (QED) is 0.301. The number of alkyl halides is 2. The molecule has 1 aromatic heterocycles. The molecule has 2 aromatic rings. The smallest absolute Gasteiger partial charge is 0.269 e. The van der Waals surface area contributed by atoms with E-state index in [0.717, 1.165) is 14.0 Å². The standard InChI is InChI=1S/C20H18F2N4O4S/c1-20(30-2,18(21)22)15(17(28)26-29)25-16(27)13-9-7-12(8-10-13)5-3-4-6-14-11-24-19(23)31-14/h7-11,15,18,29H,1-2H3,(H2,23,24)(H,25,27)(H,26,28). The molecule has 2 rings (SSSR count). The molecule has 31 heavy (non-hydrogen) atoms. The van der Waals surface area contributed by atoms with Gasteiger partial charge in [-0.2, -0.15) is 0 Å². The number of thiazole rings is 1. The predicted octanol–water partition coefficient (Wildman–Crippen LogP) is 1.40. The van der Waals surface area contributed by atoms with Gasteiger partial charge in [0, 0.05) is 18.2 Å². The Morgan fingerprint density at radius 1 is 1.26 bits per heavy atom. The van der Waals surface area contributed by atoms with Gasteiger partial charge >= 0.3 is 0 Å². The fourth-order valence-electron chi connectivity index (χ4n) is 2.33. The highest BCUT2D eigenvalue weighted by Gasteiger charge is 2.48. The van der Waals surface area contributed by atoms with Crippen LogP contribution in [0.5, 0.6) is 0 Å². The molecule has 0 bridgehead atoms. The number of amides is 2. The van der Waals surface area contributed by atoms with Crippen LogP contribution in [0.4, 0.5) is 13.9 Å². The van der Waals surface area contributed by atoms with E-state index in [1.54, 1.807) is 0 Å². The van der Waals surface area contributed by atoms with Gasteiger partial charge in [-0.3, -0.25) is 14.8 Å². The number of halogens is 2. The van der Waals surface area contributed by atoms with Crippen molar-refractivity contribution in [3.05, 3.63) is 46.5 Å². The molecular weight excluding hydrogens is 430 g/mol. The van der Waals surface area contributed by atoms with Crippen LogP contribution in [0.15, 0.2) is 30.5 Å². The van der Waals surface area contributed by atoms with Crippen LogP contribution in [0.25, 0.3) is 0 Å². The summed E-state index contributed by atoms with van der Waals surface area (Å²) in [5.41, 5.74) is 5.03. The van der Waals surface area contributed by atoms with Crippen LogP contribution in [-0.2, 0) is 9.53 Å². The van der Waals surface area contributed by atoms with Crippen LogP contribution in [0.2, 0.25) is 0 Å². The molecule has 2 amide bonds. The van der Waals surface area contributed by atoms with E-state index in [2.05, 4.69) is 34.0 Å². The van der Waals surface area contributed by atoms with E-state index in [1.165, 1.54) is 47.3 Å². The van der Waals surface area contributed by atoms with Crippen molar-refractivity contribution >= 4 is 28.3 Å². The zero-order valence-corrected chi connectivity index (χ0v) is 17.2. The number of aromatic nitrogens is 1. The first kappa shape index (κ1) is 23.8. The van der Waals surface area contributed by atoms with Gasteiger partial charge in [-0.05, 0) is 49.0 Å². The molecule has 0 radical (unpaired) electrons. The normalized spacial score (nSPS) is 13.1. The van der Waals surface area contributed by atoms with Crippen molar-refractivity contribution in [3.8, 4) is 23.7 Å². The number of hydrogen-bond donors (Lipinski definition) is 4. The van der Waals surface area contributed by atoms with E-state index in [0.29, 0.717) is 15.6 Å². The Hall–Kier alpha value is -3.51. The second-order valence-electron chi connectivity index (χ2n) is 6.21. The molecule has 0 fully saturated rings. The third kappa shape index (κ3) is 5.99. The van der Waals surface area contributed by atoms with Gasteiger partial charge in [0.2, 0.25) is 0 Å². The van der Waals surface area contributed by atoms with Gasteiger partial charge in [-0.1, -0.05) is 17.3 Å². The Labute approximate surface area is 180 Å².